The maximum atomic E-state index is 12.5. The van der Waals surface area contributed by atoms with Crippen molar-refractivity contribution in [2.24, 2.45) is 0 Å². The summed E-state index contributed by atoms with van der Waals surface area (Å²) in [5, 5.41) is 3.36. The number of nitrogens with one attached hydrogen (secondary N) is 1. The van der Waals surface area contributed by atoms with Gasteiger partial charge < -0.3 is 10.2 Å². The molecular weight excluding hydrogens is 392 g/mol. The SMILES string of the molecule is CCN(CC(=O)Nc1cc(Cl)ccc1C)C(=O)c1ccc(Br)cc1. The Morgan fingerprint density at radius 3 is 2.46 bits per heavy atom. The first-order valence-electron chi connectivity index (χ1n) is 7.51. The Labute approximate surface area is 154 Å². The zero-order chi connectivity index (χ0) is 17.7. The van der Waals surface area contributed by atoms with Crippen molar-refractivity contribution < 1.29 is 9.59 Å². The molecule has 0 bridgehead atoms. The predicted octanol–water partition coefficient (Wildman–Crippen LogP) is 4.51. The number of aryl methyl sites for hydroxylation is 1. The molecule has 2 amide bonds. The van der Waals surface area contributed by atoms with Gasteiger partial charge in [0.2, 0.25) is 5.91 Å². The van der Waals surface area contributed by atoms with E-state index < -0.39 is 0 Å². The van der Waals surface area contributed by atoms with Crippen molar-refractivity contribution in [3.8, 4) is 0 Å². The van der Waals surface area contributed by atoms with Crippen molar-refractivity contribution in [3.63, 3.8) is 0 Å². The molecule has 126 valence electrons. The third-order valence-corrected chi connectivity index (χ3v) is 4.33. The summed E-state index contributed by atoms with van der Waals surface area (Å²) in [7, 11) is 0. The van der Waals surface area contributed by atoms with Crippen molar-refractivity contribution in [3.05, 3.63) is 63.1 Å². The van der Waals surface area contributed by atoms with Gasteiger partial charge in [-0.1, -0.05) is 33.6 Å². The Morgan fingerprint density at radius 2 is 1.83 bits per heavy atom. The van der Waals surface area contributed by atoms with Crippen LogP contribution in [0.15, 0.2) is 46.9 Å². The lowest BCUT2D eigenvalue weighted by molar-refractivity contribution is -0.116. The van der Waals surface area contributed by atoms with E-state index in [9.17, 15) is 9.59 Å². The average molecular weight is 410 g/mol. The highest BCUT2D eigenvalue weighted by Gasteiger charge is 2.17. The highest BCUT2D eigenvalue weighted by molar-refractivity contribution is 9.10. The molecule has 0 radical (unpaired) electrons. The Bertz CT molecular complexity index is 747. The van der Waals surface area contributed by atoms with Gasteiger partial charge in [0, 0.05) is 27.3 Å². The van der Waals surface area contributed by atoms with Crippen LogP contribution >= 0.6 is 27.5 Å². The monoisotopic (exact) mass is 408 g/mol. The van der Waals surface area contributed by atoms with Crippen LogP contribution in [-0.2, 0) is 4.79 Å². The molecule has 0 unspecified atom stereocenters. The summed E-state index contributed by atoms with van der Waals surface area (Å²) in [6, 6.07) is 12.4. The molecule has 0 atom stereocenters. The summed E-state index contributed by atoms with van der Waals surface area (Å²) in [6.45, 7) is 4.15. The molecular formula is C18H18BrClN2O2. The topological polar surface area (TPSA) is 49.4 Å². The molecule has 4 nitrogen and oxygen atoms in total. The second kappa shape index (κ2) is 8.31. The number of carbonyl (C=O) groups is 2. The zero-order valence-electron chi connectivity index (χ0n) is 13.5. The van der Waals surface area contributed by atoms with Crippen molar-refractivity contribution in [2.75, 3.05) is 18.4 Å². The standard InChI is InChI=1S/C18H18BrClN2O2/c1-3-22(18(24)13-5-7-14(19)8-6-13)11-17(23)21-16-10-15(20)9-4-12(16)2/h4-10H,3,11H2,1-2H3,(H,21,23). The molecule has 24 heavy (non-hydrogen) atoms. The number of amides is 2. The molecule has 2 aromatic rings. The third kappa shape index (κ3) is 4.82. The van der Waals surface area contributed by atoms with E-state index in [1.807, 2.05) is 19.9 Å². The van der Waals surface area contributed by atoms with E-state index in [-0.39, 0.29) is 18.4 Å². The van der Waals surface area contributed by atoms with Crippen LogP contribution in [0.25, 0.3) is 0 Å². The zero-order valence-corrected chi connectivity index (χ0v) is 15.8. The average Bonchev–Trinajstić information content (AvgIpc) is 2.56. The minimum absolute atomic E-state index is 0.0165. The fraction of sp³-hybridized carbons (Fsp3) is 0.222. The van der Waals surface area contributed by atoms with Gasteiger partial charge in [-0.3, -0.25) is 9.59 Å². The number of benzene rings is 2. The van der Waals surface area contributed by atoms with Gasteiger partial charge in [0.05, 0.1) is 0 Å². The van der Waals surface area contributed by atoms with Gasteiger partial charge in [-0.25, -0.2) is 0 Å². The fourth-order valence-corrected chi connectivity index (χ4v) is 2.63. The van der Waals surface area contributed by atoms with E-state index in [0.29, 0.717) is 22.8 Å². The molecule has 0 fully saturated rings. The van der Waals surface area contributed by atoms with Gasteiger partial charge in [0.15, 0.2) is 0 Å². The Hall–Kier alpha value is -1.85. The van der Waals surface area contributed by atoms with Crippen LogP contribution in [0.1, 0.15) is 22.8 Å². The first kappa shape index (κ1) is 18.5. The lowest BCUT2D eigenvalue weighted by Gasteiger charge is -2.21. The molecule has 0 saturated heterocycles. The van der Waals surface area contributed by atoms with E-state index in [0.717, 1.165) is 10.0 Å². The first-order chi connectivity index (χ1) is 11.4. The minimum Gasteiger partial charge on any atom is -0.330 e. The van der Waals surface area contributed by atoms with Crippen molar-refractivity contribution in [1.29, 1.82) is 0 Å². The van der Waals surface area contributed by atoms with Crippen LogP contribution in [0.5, 0.6) is 0 Å². The first-order valence-corrected chi connectivity index (χ1v) is 8.68. The van der Waals surface area contributed by atoms with Gasteiger partial charge in [-0.05, 0) is 55.8 Å². The minimum atomic E-state index is -0.257. The number of hydrogen-bond donors (Lipinski definition) is 1. The molecule has 0 aromatic heterocycles. The second-order valence-electron chi connectivity index (χ2n) is 5.33. The van der Waals surface area contributed by atoms with Crippen molar-refractivity contribution >= 4 is 45.0 Å². The van der Waals surface area contributed by atoms with Gasteiger partial charge in [-0.2, -0.15) is 0 Å². The summed E-state index contributed by atoms with van der Waals surface area (Å²) in [4.78, 5) is 26.3. The molecule has 0 aliphatic heterocycles. The number of anilines is 1. The lowest BCUT2D eigenvalue weighted by Crippen LogP contribution is -2.37. The maximum Gasteiger partial charge on any atom is 0.254 e. The van der Waals surface area contributed by atoms with Crippen LogP contribution in [-0.4, -0.2) is 29.8 Å². The molecule has 1 N–H and O–H groups in total. The van der Waals surface area contributed by atoms with Gasteiger partial charge in [0.1, 0.15) is 6.54 Å². The number of halogens is 2. The maximum absolute atomic E-state index is 12.5. The molecule has 6 heteroatoms. The summed E-state index contributed by atoms with van der Waals surface area (Å²) in [5.41, 5.74) is 2.11. The normalized spacial score (nSPS) is 10.3. The van der Waals surface area contributed by atoms with Gasteiger partial charge in [0.25, 0.3) is 5.91 Å². The van der Waals surface area contributed by atoms with E-state index >= 15 is 0 Å². The smallest absolute Gasteiger partial charge is 0.254 e. The molecule has 0 aliphatic carbocycles. The molecule has 2 aromatic carbocycles. The van der Waals surface area contributed by atoms with Gasteiger partial charge >= 0.3 is 0 Å². The van der Waals surface area contributed by atoms with Crippen LogP contribution in [0, 0.1) is 6.92 Å². The molecule has 0 spiro atoms. The molecule has 2 rings (SSSR count). The molecule has 0 saturated carbocycles. The highest BCUT2D eigenvalue weighted by Crippen LogP contribution is 2.20. The van der Waals surface area contributed by atoms with Crippen LogP contribution in [0.3, 0.4) is 0 Å². The van der Waals surface area contributed by atoms with Crippen molar-refractivity contribution in [1.82, 2.24) is 4.90 Å². The Balaban J connectivity index is 2.06. The Morgan fingerprint density at radius 1 is 1.17 bits per heavy atom. The third-order valence-electron chi connectivity index (χ3n) is 3.57. The van der Waals surface area contributed by atoms with E-state index in [2.05, 4.69) is 21.2 Å². The van der Waals surface area contributed by atoms with E-state index in [1.165, 1.54) is 4.90 Å². The summed E-state index contributed by atoms with van der Waals surface area (Å²) in [5.74, 6) is -0.435. The van der Waals surface area contributed by atoms with Crippen LogP contribution in [0.4, 0.5) is 5.69 Å². The summed E-state index contributed by atoms with van der Waals surface area (Å²) >= 11 is 9.30. The van der Waals surface area contributed by atoms with Crippen molar-refractivity contribution in [2.45, 2.75) is 13.8 Å². The van der Waals surface area contributed by atoms with Gasteiger partial charge in [-0.15, -0.1) is 0 Å². The summed E-state index contributed by atoms with van der Waals surface area (Å²) in [6.07, 6.45) is 0. The molecule has 0 heterocycles. The fourth-order valence-electron chi connectivity index (χ4n) is 2.19. The van der Waals surface area contributed by atoms with Crippen LogP contribution in [0.2, 0.25) is 5.02 Å². The highest BCUT2D eigenvalue weighted by atomic mass is 79.9. The molecule has 0 aliphatic rings. The second-order valence-corrected chi connectivity index (χ2v) is 6.69. The largest absolute Gasteiger partial charge is 0.330 e. The Kier molecular flexibility index (Phi) is 6.40. The quantitative estimate of drug-likeness (QED) is 0.790. The number of hydrogen-bond acceptors (Lipinski definition) is 2. The van der Waals surface area contributed by atoms with E-state index in [4.69, 9.17) is 11.6 Å². The van der Waals surface area contributed by atoms with Crippen LogP contribution < -0.4 is 5.32 Å². The number of carbonyl (C=O) groups excluding carboxylic acids is 2. The number of nitrogens with zero attached hydrogens (tertiary/aromatic N) is 1. The summed E-state index contributed by atoms with van der Waals surface area (Å²) < 4.78 is 0.899. The predicted molar refractivity (Wildman–Crippen MR) is 101 cm³/mol. The number of likely N-dealkylation sites (N-methyl/N-ethyl adjacent to an activating group) is 1. The number of rotatable bonds is 5. The lowest BCUT2D eigenvalue weighted by atomic mass is 10.2. The van der Waals surface area contributed by atoms with E-state index in [1.54, 1.807) is 36.4 Å².